The van der Waals surface area contributed by atoms with Crippen LogP contribution in [0.5, 0.6) is 0 Å². The summed E-state index contributed by atoms with van der Waals surface area (Å²) in [7, 11) is 0. The molecule has 1 aliphatic heterocycles. The molecule has 1 N–H and O–H groups in total. The lowest BCUT2D eigenvalue weighted by atomic mass is 10.0. The van der Waals surface area contributed by atoms with E-state index in [0.717, 1.165) is 6.42 Å². The Labute approximate surface area is 121 Å². The van der Waals surface area contributed by atoms with Crippen LogP contribution in [0.2, 0.25) is 0 Å². The molecule has 1 amide bonds. The van der Waals surface area contributed by atoms with Crippen molar-refractivity contribution in [3.8, 4) is 0 Å². The number of carbonyl (C=O) groups is 1. The molecule has 1 aromatic carbocycles. The van der Waals surface area contributed by atoms with Crippen LogP contribution >= 0.6 is 0 Å². The lowest BCUT2D eigenvalue weighted by molar-refractivity contribution is -0.131. The molecule has 20 heavy (non-hydrogen) atoms. The van der Waals surface area contributed by atoms with Gasteiger partial charge in [-0.2, -0.15) is 0 Å². The van der Waals surface area contributed by atoms with E-state index in [-0.39, 0.29) is 18.1 Å². The summed E-state index contributed by atoms with van der Waals surface area (Å²) in [4.78, 5) is 14.9. The summed E-state index contributed by atoms with van der Waals surface area (Å²) in [6.45, 7) is 6.45. The van der Waals surface area contributed by atoms with Gasteiger partial charge >= 0.3 is 0 Å². The van der Waals surface area contributed by atoms with E-state index >= 15 is 0 Å². The smallest absolute Gasteiger partial charge is 0.241 e. The lowest BCUT2D eigenvalue weighted by Crippen LogP contribution is -2.36. The topological polar surface area (TPSA) is 32.3 Å². The highest BCUT2D eigenvalue weighted by atomic mass is 16.2. The van der Waals surface area contributed by atoms with E-state index in [1.54, 1.807) is 0 Å². The molecule has 2 fully saturated rings. The van der Waals surface area contributed by atoms with Gasteiger partial charge in [-0.1, -0.05) is 57.5 Å². The van der Waals surface area contributed by atoms with Crippen LogP contribution in [0.25, 0.3) is 0 Å². The monoisotopic (exact) mass is 272 g/mol. The van der Waals surface area contributed by atoms with Crippen molar-refractivity contribution in [2.45, 2.75) is 51.9 Å². The summed E-state index contributed by atoms with van der Waals surface area (Å²) >= 11 is 0. The molecule has 0 radical (unpaired) electrons. The molecule has 1 heterocycles. The van der Waals surface area contributed by atoms with E-state index in [2.05, 4.69) is 43.1 Å². The predicted octanol–water partition coefficient (Wildman–Crippen LogP) is 2.94. The molecular weight excluding hydrogens is 248 g/mol. The molecule has 3 heteroatoms. The number of carbonyl (C=O) groups excluding carboxylic acids is 1. The molecule has 1 saturated carbocycles. The zero-order valence-corrected chi connectivity index (χ0v) is 12.5. The first-order valence-corrected chi connectivity index (χ1v) is 7.76. The third-order valence-corrected chi connectivity index (χ3v) is 4.69. The van der Waals surface area contributed by atoms with Gasteiger partial charge in [0.1, 0.15) is 6.17 Å². The van der Waals surface area contributed by atoms with Gasteiger partial charge in [-0.05, 0) is 23.8 Å². The Bertz CT molecular complexity index is 485. The van der Waals surface area contributed by atoms with Gasteiger partial charge in [0.2, 0.25) is 5.91 Å². The third-order valence-electron chi connectivity index (χ3n) is 4.69. The van der Waals surface area contributed by atoms with Crippen molar-refractivity contribution in [3.63, 3.8) is 0 Å². The van der Waals surface area contributed by atoms with Gasteiger partial charge in [0.05, 0.1) is 6.04 Å². The number of nitrogens with zero attached hydrogens (tertiary/aromatic N) is 1. The van der Waals surface area contributed by atoms with Gasteiger partial charge in [0, 0.05) is 6.04 Å². The quantitative estimate of drug-likeness (QED) is 0.914. The largest absolute Gasteiger partial charge is 0.318 e. The number of hydrogen-bond acceptors (Lipinski definition) is 2. The van der Waals surface area contributed by atoms with Crippen LogP contribution in [0.3, 0.4) is 0 Å². The standard InChI is InChI=1S/C17H24N2O/c1-4-12-10-14(12)19-16(13-8-6-5-7-9-13)18-15(11(2)3)17(19)20/h5-9,11-12,14-16,18H,4,10H2,1-3H3. The fraction of sp³-hybridized carbons (Fsp3) is 0.588. The highest BCUT2D eigenvalue weighted by Crippen LogP contribution is 2.44. The van der Waals surface area contributed by atoms with E-state index in [4.69, 9.17) is 0 Å². The molecule has 2 aliphatic rings. The number of hydrogen-bond donors (Lipinski definition) is 1. The summed E-state index contributed by atoms with van der Waals surface area (Å²) < 4.78 is 0. The fourth-order valence-electron chi connectivity index (χ4n) is 3.35. The maximum atomic E-state index is 12.7. The molecule has 1 aromatic rings. The fourth-order valence-corrected chi connectivity index (χ4v) is 3.35. The normalized spacial score (nSPS) is 33.0. The number of rotatable bonds is 4. The van der Waals surface area contributed by atoms with Crippen LogP contribution in [-0.2, 0) is 4.79 Å². The minimum Gasteiger partial charge on any atom is -0.318 e. The van der Waals surface area contributed by atoms with Crippen LogP contribution in [0, 0.1) is 11.8 Å². The Morgan fingerprint density at radius 2 is 2.00 bits per heavy atom. The van der Waals surface area contributed by atoms with Crippen molar-refractivity contribution in [3.05, 3.63) is 35.9 Å². The van der Waals surface area contributed by atoms with Crippen LogP contribution in [0.1, 0.15) is 45.3 Å². The second kappa shape index (κ2) is 5.21. The van der Waals surface area contributed by atoms with Gasteiger partial charge in [-0.25, -0.2) is 0 Å². The Morgan fingerprint density at radius 3 is 2.55 bits per heavy atom. The second-order valence-corrected chi connectivity index (χ2v) is 6.42. The maximum absolute atomic E-state index is 12.7. The van der Waals surface area contributed by atoms with Gasteiger partial charge < -0.3 is 4.90 Å². The van der Waals surface area contributed by atoms with Gasteiger partial charge in [0.15, 0.2) is 0 Å². The van der Waals surface area contributed by atoms with Crippen molar-refractivity contribution in [2.75, 3.05) is 0 Å². The molecule has 3 rings (SSSR count). The molecule has 4 atom stereocenters. The molecule has 4 unspecified atom stereocenters. The summed E-state index contributed by atoms with van der Waals surface area (Å²) in [6.07, 6.45) is 2.39. The van der Waals surface area contributed by atoms with Crippen molar-refractivity contribution in [2.24, 2.45) is 11.8 Å². The summed E-state index contributed by atoms with van der Waals surface area (Å²) in [5.74, 6) is 1.31. The van der Waals surface area contributed by atoms with E-state index in [9.17, 15) is 4.79 Å². The van der Waals surface area contributed by atoms with E-state index in [1.165, 1.54) is 12.0 Å². The van der Waals surface area contributed by atoms with Gasteiger partial charge in [0.25, 0.3) is 0 Å². The third kappa shape index (κ3) is 2.24. The average molecular weight is 272 g/mol. The summed E-state index contributed by atoms with van der Waals surface area (Å²) in [6, 6.07) is 10.7. The number of benzene rings is 1. The maximum Gasteiger partial charge on any atom is 0.241 e. The van der Waals surface area contributed by atoms with Crippen molar-refractivity contribution >= 4 is 5.91 Å². The van der Waals surface area contributed by atoms with Gasteiger partial charge in [-0.15, -0.1) is 0 Å². The first kappa shape index (κ1) is 13.6. The Morgan fingerprint density at radius 1 is 1.30 bits per heavy atom. The number of nitrogens with one attached hydrogen (secondary N) is 1. The van der Waals surface area contributed by atoms with Crippen molar-refractivity contribution < 1.29 is 4.79 Å². The van der Waals surface area contributed by atoms with Crippen LogP contribution in [-0.4, -0.2) is 22.9 Å². The zero-order chi connectivity index (χ0) is 14.3. The first-order chi connectivity index (χ1) is 9.63. The molecule has 108 valence electrons. The molecule has 3 nitrogen and oxygen atoms in total. The molecule has 0 aromatic heterocycles. The highest BCUT2D eigenvalue weighted by molar-refractivity contribution is 5.85. The Kier molecular flexibility index (Phi) is 3.55. The summed E-state index contributed by atoms with van der Waals surface area (Å²) in [5, 5.41) is 3.55. The Balaban J connectivity index is 1.88. The minimum absolute atomic E-state index is 0.0432. The van der Waals surface area contributed by atoms with Crippen molar-refractivity contribution in [1.82, 2.24) is 10.2 Å². The lowest BCUT2D eigenvalue weighted by Gasteiger charge is -2.25. The zero-order valence-electron chi connectivity index (χ0n) is 12.5. The average Bonchev–Trinajstić information content (AvgIpc) is 3.15. The molecule has 1 saturated heterocycles. The second-order valence-electron chi connectivity index (χ2n) is 6.42. The molecular formula is C17H24N2O. The van der Waals surface area contributed by atoms with Crippen LogP contribution in [0.4, 0.5) is 0 Å². The van der Waals surface area contributed by atoms with Gasteiger partial charge in [-0.3, -0.25) is 10.1 Å². The van der Waals surface area contributed by atoms with Crippen molar-refractivity contribution in [1.29, 1.82) is 0 Å². The van der Waals surface area contributed by atoms with E-state index in [1.807, 2.05) is 18.2 Å². The summed E-state index contributed by atoms with van der Waals surface area (Å²) in [5.41, 5.74) is 1.20. The highest BCUT2D eigenvalue weighted by Gasteiger charge is 2.51. The molecule has 0 bridgehead atoms. The molecule has 0 spiro atoms. The molecule has 1 aliphatic carbocycles. The number of amides is 1. The first-order valence-electron chi connectivity index (χ1n) is 7.76. The van der Waals surface area contributed by atoms with Crippen LogP contribution < -0.4 is 5.32 Å². The SMILES string of the molecule is CCC1CC1N1C(=O)C(C(C)C)NC1c1ccccc1. The Hall–Kier alpha value is -1.35. The van der Waals surface area contributed by atoms with E-state index < -0.39 is 0 Å². The van der Waals surface area contributed by atoms with E-state index in [0.29, 0.717) is 17.9 Å². The van der Waals surface area contributed by atoms with Crippen LogP contribution in [0.15, 0.2) is 30.3 Å². The predicted molar refractivity (Wildman–Crippen MR) is 80.0 cm³/mol. The minimum atomic E-state index is -0.0432.